The maximum atomic E-state index is 9.54. The molecule has 0 saturated heterocycles. The number of rotatable bonds is 6. The highest BCUT2D eigenvalue weighted by Crippen LogP contribution is 2.35. The summed E-state index contributed by atoms with van der Waals surface area (Å²) < 4.78 is 0. The molecule has 6 nitrogen and oxygen atoms in total. The van der Waals surface area contributed by atoms with Gasteiger partial charge in [-0.2, -0.15) is 0 Å². The van der Waals surface area contributed by atoms with Gasteiger partial charge >= 0.3 is 0 Å². The van der Waals surface area contributed by atoms with E-state index in [0.717, 1.165) is 49.3 Å². The van der Waals surface area contributed by atoms with Crippen LogP contribution in [0.5, 0.6) is 0 Å². The van der Waals surface area contributed by atoms with Gasteiger partial charge < -0.3 is 15.8 Å². The number of nitrogens with one attached hydrogen (secondary N) is 2. The van der Waals surface area contributed by atoms with Crippen LogP contribution in [-0.2, 0) is 6.42 Å². The van der Waals surface area contributed by atoms with E-state index in [1.165, 1.54) is 0 Å². The van der Waals surface area contributed by atoms with Gasteiger partial charge in [-0.25, -0.2) is 15.8 Å². The Balaban J connectivity index is 2.29. The summed E-state index contributed by atoms with van der Waals surface area (Å²) in [6.07, 6.45) is 4.89. The van der Waals surface area contributed by atoms with Crippen LogP contribution in [-0.4, -0.2) is 27.2 Å². The molecule has 5 N–H and O–H groups in total. The lowest BCUT2D eigenvalue weighted by molar-refractivity contribution is 0.143. The zero-order chi connectivity index (χ0) is 13.9. The van der Waals surface area contributed by atoms with Crippen molar-refractivity contribution < 1.29 is 5.11 Å². The molecule has 1 heterocycles. The summed E-state index contributed by atoms with van der Waals surface area (Å²) in [5.74, 6) is 7.71. The SMILES string of the molecule is CCCc1nc(NN)c(C)c(NC2(CO)CCC2)n1. The number of hydrogen-bond donors (Lipinski definition) is 4. The van der Waals surface area contributed by atoms with Gasteiger partial charge in [-0.3, -0.25) is 0 Å². The molecule has 0 radical (unpaired) electrons. The molecule has 0 amide bonds. The first-order chi connectivity index (χ1) is 9.14. The van der Waals surface area contributed by atoms with Crippen LogP contribution in [0.15, 0.2) is 0 Å². The summed E-state index contributed by atoms with van der Waals surface area (Å²) in [6, 6.07) is 0. The summed E-state index contributed by atoms with van der Waals surface area (Å²) >= 11 is 0. The molecule has 6 heteroatoms. The van der Waals surface area contributed by atoms with Crippen molar-refractivity contribution in [2.45, 2.75) is 51.5 Å². The third-order valence-electron chi connectivity index (χ3n) is 3.80. The topological polar surface area (TPSA) is 96.1 Å². The van der Waals surface area contributed by atoms with Crippen LogP contribution in [0.1, 0.15) is 44.0 Å². The molecule has 106 valence electrons. The van der Waals surface area contributed by atoms with Crippen molar-refractivity contribution in [1.82, 2.24) is 9.97 Å². The van der Waals surface area contributed by atoms with Gasteiger partial charge in [0.25, 0.3) is 0 Å². The minimum Gasteiger partial charge on any atom is -0.394 e. The number of aliphatic hydroxyl groups is 1. The number of aromatic nitrogens is 2. The van der Waals surface area contributed by atoms with Crippen molar-refractivity contribution in [3.8, 4) is 0 Å². The number of aryl methyl sites for hydroxylation is 1. The van der Waals surface area contributed by atoms with E-state index in [2.05, 4.69) is 27.6 Å². The van der Waals surface area contributed by atoms with Gasteiger partial charge in [-0.1, -0.05) is 6.92 Å². The first-order valence-corrected chi connectivity index (χ1v) is 6.87. The second-order valence-corrected chi connectivity index (χ2v) is 5.27. The molecule has 0 unspecified atom stereocenters. The predicted molar refractivity (Wildman–Crippen MR) is 75.9 cm³/mol. The highest BCUT2D eigenvalue weighted by atomic mass is 16.3. The molecule has 19 heavy (non-hydrogen) atoms. The largest absolute Gasteiger partial charge is 0.394 e. The van der Waals surface area contributed by atoms with Crippen molar-refractivity contribution in [1.29, 1.82) is 0 Å². The molecular weight excluding hydrogens is 242 g/mol. The lowest BCUT2D eigenvalue weighted by atomic mass is 9.77. The van der Waals surface area contributed by atoms with Crippen LogP contribution in [0.3, 0.4) is 0 Å². The van der Waals surface area contributed by atoms with Crippen molar-refractivity contribution in [2.24, 2.45) is 5.84 Å². The summed E-state index contributed by atoms with van der Waals surface area (Å²) in [6.45, 7) is 4.15. The van der Waals surface area contributed by atoms with Crippen LogP contribution in [0, 0.1) is 6.92 Å². The van der Waals surface area contributed by atoms with E-state index in [1.54, 1.807) is 0 Å². The molecule has 0 aliphatic heterocycles. The highest BCUT2D eigenvalue weighted by molar-refractivity contribution is 5.58. The molecule has 0 bridgehead atoms. The number of hydrogen-bond acceptors (Lipinski definition) is 6. The molecule has 0 spiro atoms. The highest BCUT2D eigenvalue weighted by Gasteiger charge is 2.37. The number of nitrogen functional groups attached to an aromatic ring is 1. The van der Waals surface area contributed by atoms with Crippen molar-refractivity contribution >= 4 is 11.6 Å². The van der Waals surface area contributed by atoms with Gasteiger partial charge in [-0.05, 0) is 32.6 Å². The average molecular weight is 265 g/mol. The first-order valence-electron chi connectivity index (χ1n) is 6.87. The molecule has 1 aliphatic rings. The molecule has 0 aromatic carbocycles. The monoisotopic (exact) mass is 265 g/mol. The molecule has 0 atom stereocenters. The summed E-state index contributed by atoms with van der Waals surface area (Å²) in [4.78, 5) is 8.95. The minimum absolute atomic E-state index is 0.130. The fourth-order valence-corrected chi connectivity index (χ4v) is 2.34. The minimum atomic E-state index is -0.214. The van der Waals surface area contributed by atoms with Crippen LogP contribution in [0.2, 0.25) is 0 Å². The molecule has 1 aromatic heterocycles. The Hall–Kier alpha value is -1.40. The van der Waals surface area contributed by atoms with Gasteiger partial charge in [0.05, 0.1) is 12.1 Å². The first kappa shape index (κ1) is 14.0. The van der Waals surface area contributed by atoms with E-state index in [4.69, 9.17) is 5.84 Å². The van der Waals surface area contributed by atoms with E-state index >= 15 is 0 Å². The summed E-state index contributed by atoms with van der Waals surface area (Å²) in [7, 11) is 0. The Labute approximate surface area is 113 Å². The maximum absolute atomic E-state index is 9.54. The predicted octanol–water partition coefficient (Wildman–Crippen LogP) is 1.35. The van der Waals surface area contributed by atoms with Crippen molar-refractivity contribution in [3.63, 3.8) is 0 Å². The number of hydrazine groups is 1. The number of aliphatic hydroxyl groups excluding tert-OH is 1. The number of nitrogens with zero attached hydrogens (tertiary/aromatic N) is 2. The van der Waals surface area contributed by atoms with Gasteiger partial charge in [-0.15, -0.1) is 0 Å². The quantitative estimate of drug-likeness (QED) is 0.458. The van der Waals surface area contributed by atoms with Crippen LogP contribution in [0.4, 0.5) is 11.6 Å². The van der Waals surface area contributed by atoms with Crippen LogP contribution in [0.25, 0.3) is 0 Å². The van der Waals surface area contributed by atoms with E-state index < -0.39 is 0 Å². The standard InChI is InChI=1S/C13H23N5O/c1-3-5-10-15-11(9(2)12(16-10)18-14)17-13(8-19)6-4-7-13/h19H,3-8,14H2,1-2H3,(H2,15,16,17,18). The molecular formula is C13H23N5O. The Kier molecular flexibility index (Phi) is 4.21. The molecule has 1 aromatic rings. The fourth-order valence-electron chi connectivity index (χ4n) is 2.34. The van der Waals surface area contributed by atoms with Gasteiger partial charge in [0.15, 0.2) is 0 Å². The second kappa shape index (κ2) is 5.71. The number of nitrogens with two attached hydrogens (primary N) is 1. The van der Waals surface area contributed by atoms with Gasteiger partial charge in [0.1, 0.15) is 17.5 Å². The maximum Gasteiger partial charge on any atom is 0.148 e. The number of anilines is 2. The molecule has 1 saturated carbocycles. The zero-order valence-electron chi connectivity index (χ0n) is 11.7. The summed E-state index contributed by atoms with van der Waals surface area (Å²) in [5, 5.41) is 12.9. The van der Waals surface area contributed by atoms with E-state index in [9.17, 15) is 5.11 Å². The molecule has 1 fully saturated rings. The lowest BCUT2D eigenvalue weighted by Crippen LogP contribution is -2.48. The third-order valence-corrected chi connectivity index (χ3v) is 3.80. The van der Waals surface area contributed by atoms with Crippen LogP contribution >= 0.6 is 0 Å². The lowest BCUT2D eigenvalue weighted by Gasteiger charge is -2.41. The van der Waals surface area contributed by atoms with Gasteiger partial charge in [0.2, 0.25) is 0 Å². The van der Waals surface area contributed by atoms with Gasteiger partial charge in [0, 0.05) is 12.0 Å². The summed E-state index contributed by atoms with van der Waals surface area (Å²) in [5.41, 5.74) is 3.30. The fraction of sp³-hybridized carbons (Fsp3) is 0.692. The van der Waals surface area contributed by atoms with E-state index in [0.29, 0.717) is 5.82 Å². The Morgan fingerprint density at radius 1 is 1.32 bits per heavy atom. The second-order valence-electron chi connectivity index (χ2n) is 5.27. The molecule has 2 rings (SSSR count). The molecule has 1 aliphatic carbocycles. The smallest absolute Gasteiger partial charge is 0.148 e. The Bertz CT molecular complexity index is 439. The Morgan fingerprint density at radius 2 is 2.00 bits per heavy atom. The zero-order valence-corrected chi connectivity index (χ0v) is 11.7. The average Bonchev–Trinajstić information content (AvgIpc) is 2.37. The van der Waals surface area contributed by atoms with E-state index in [1.807, 2.05) is 6.92 Å². The third kappa shape index (κ3) is 2.79. The van der Waals surface area contributed by atoms with Crippen molar-refractivity contribution in [2.75, 3.05) is 17.3 Å². The normalized spacial score (nSPS) is 16.8. The van der Waals surface area contributed by atoms with Crippen LogP contribution < -0.4 is 16.6 Å². The Morgan fingerprint density at radius 3 is 2.47 bits per heavy atom. The van der Waals surface area contributed by atoms with Crippen molar-refractivity contribution in [3.05, 3.63) is 11.4 Å². The van der Waals surface area contributed by atoms with E-state index in [-0.39, 0.29) is 12.1 Å².